The molecule has 0 fully saturated rings. The zero-order valence-corrected chi connectivity index (χ0v) is 14.8. The minimum Gasteiger partial charge on any atom is -0.449 e. The molecule has 1 heterocycles. The number of amides is 1. The largest absolute Gasteiger partial charge is 0.449 e. The maximum Gasteiger partial charge on any atom is 0.331 e. The molecule has 0 saturated carbocycles. The van der Waals surface area contributed by atoms with Gasteiger partial charge in [-0.1, -0.05) is 6.07 Å². The summed E-state index contributed by atoms with van der Waals surface area (Å²) in [5, 5.41) is 11.2. The number of thiophene rings is 1. The number of primary sulfonamides is 1. The Labute approximate surface area is 149 Å². The number of carbonyl (C=O) groups excluding carboxylic acids is 2. The van der Waals surface area contributed by atoms with Crippen molar-refractivity contribution in [2.45, 2.75) is 17.9 Å². The molecule has 0 bridgehead atoms. The van der Waals surface area contributed by atoms with Gasteiger partial charge in [-0.2, -0.15) is 11.3 Å². The molecule has 2 rings (SSSR count). The van der Waals surface area contributed by atoms with Crippen LogP contribution in [-0.4, -0.2) is 26.4 Å². The zero-order chi connectivity index (χ0) is 18.4. The molecule has 25 heavy (non-hydrogen) atoms. The number of sulfonamides is 1. The van der Waals surface area contributed by atoms with Gasteiger partial charge in [0.05, 0.1) is 4.90 Å². The molecule has 1 aromatic heterocycles. The fraction of sp³-hybridized carbons (Fsp3) is 0.125. The summed E-state index contributed by atoms with van der Waals surface area (Å²) in [6.45, 7) is 1.41. The minimum absolute atomic E-state index is 0.131. The minimum atomic E-state index is -3.87. The molecule has 0 aliphatic heterocycles. The van der Waals surface area contributed by atoms with Gasteiger partial charge in [-0.3, -0.25) is 4.79 Å². The van der Waals surface area contributed by atoms with Crippen LogP contribution in [-0.2, 0) is 24.3 Å². The second-order valence-corrected chi connectivity index (χ2v) is 7.37. The van der Waals surface area contributed by atoms with Gasteiger partial charge < -0.3 is 10.1 Å². The first-order valence-corrected chi connectivity index (χ1v) is 9.59. The molecular weight excluding hydrogens is 364 g/mol. The van der Waals surface area contributed by atoms with Crippen LogP contribution in [0.2, 0.25) is 0 Å². The Hall–Kier alpha value is -2.49. The normalized spacial score (nSPS) is 12.7. The van der Waals surface area contributed by atoms with E-state index in [1.165, 1.54) is 48.6 Å². The Morgan fingerprint density at radius 1 is 1.32 bits per heavy atom. The molecule has 0 aliphatic carbocycles. The summed E-state index contributed by atoms with van der Waals surface area (Å²) < 4.78 is 27.6. The topological polar surface area (TPSA) is 116 Å². The predicted molar refractivity (Wildman–Crippen MR) is 95.4 cm³/mol. The lowest BCUT2D eigenvalue weighted by Gasteiger charge is -2.12. The number of benzene rings is 1. The summed E-state index contributed by atoms with van der Waals surface area (Å²) in [5.74, 6) is -1.25. The number of hydrogen-bond acceptors (Lipinski definition) is 6. The SMILES string of the molecule is C[C@@H](OC(=O)/C=C/c1ccsc1)C(=O)Nc1cccc(S(N)(=O)=O)c1. The number of esters is 1. The highest BCUT2D eigenvalue weighted by Crippen LogP contribution is 2.15. The van der Waals surface area contributed by atoms with Gasteiger partial charge in [0, 0.05) is 11.8 Å². The standard InChI is InChI=1S/C16H16N2O5S2/c1-11(23-15(19)6-5-12-7-8-24-10-12)16(20)18-13-3-2-4-14(9-13)25(17,21)22/h2-11H,1H3,(H,18,20)(H2,17,21,22)/b6-5+/t11-/m1/s1. The molecule has 0 saturated heterocycles. The third-order valence-corrected chi connectivity index (χ3v) is 4.66. The quantitative estimate of drug-likeness (QED) is 0.587. The van der Waals surface area contributed by atoms with E-state index in [1.54, 1.807) is 6.08 Å². The highest BCUT2D eigenvalue weighted by Gasteiger charge is 2.17. The van der Waals surface area contributed by atoms with Gasteiger partial charge in [0.15, 0.2) is 6.10 Å². The molecule has 0 spiro atoms. The van der Waals surface area contributed by atoms with E-state index < -0.39 is 28.0 Å². The van der Waals surface area contributed by atoms with Crippen molar-refractivity contribution in [3.8, 4) is 0 Å². The van der Waals surface area contributed by atoms with E-state index in [0.717, 1.165) is 5.56 Å². The van der Waals surface area contributed by atoms with Gasteiger partial charge in [-0.25, -0.2) is 18.4 Å². The van der Waals surface area contributed by atoms with E-state index in [2.05, 4.69) is 5.32 Å². The third kappa shape index (κ3) is 5.82. The number of nitrogens with one attached hydrogen (secondary N) is 1. The first-order valence-electron chi connectivity index (χ1n) is 7.10. The van der Waals surface area contributed by atoms with E-state index in [-0.39, 0.29) is 10.6 Å². The van der Waals surface area contributed by atoms with Crippen LogP contribution in [0.4, 0.5) is 5.69 Å². The lowest BCUT2D eigenvalue weighted by molar-refractivity contribution is -0.148. The smallest absolute Gasteiger partial charge is 0.331 e. The number of nitrogens with two attached hydrogens (primary N) is 1. The van der Waals surface area contributed by atoms with Crippen LogP contribution in [0.5, 0.6) is 0 Å². The molecule has 3 N–H and O–H groups in total. The first kappa shape index (κ1) is 18.8. The number of hydrogen-bond donors (Lipinski definition) is 2. The summed E-state index contributed by atoms with van der Waals surface area (Å²) in [6, 6.07) is 7.30. The van der Waals surface area contributed by atoms with Gasteiger partial charge in [0.1, 0.15) is 0 Å². The second-order valence-electron chi connectivity index (χ2n) is 5.03. The van der Waals surface area contributed by atoms with Crippen molar-refractivity contribution in [1.82, 2.24) is 0 Å². The molecule has 9 heteroatoms. The van der Waals surface area contributed by atoms with Gasteiger partial charge in [-0.05, 0) is 53.6 Å². The van der Waals surface area contributed by atoms with Gasteiger partial charge >= 0.3 is 5.97 Å². The summed E-state index contributed by atoms with van der Waals surface area (Å²) in [4.78, 5) is 23.6. The molecule has 7 nitrogen and oxygen atoms in total. The van der Waals surface area contributed by atoms with Crippen molar-refractivity contribution in [1.29, 1.82) is 0 Å². The van der Waals surface area contributed by atoms with Crippen molar-refractivity contribution in [3.05, 3.63) is 52.7 Å². The van der Waals surface area contributed by atoms with E-state index >= 15 is 0 Å². The molecule has 0 unspecified atom stereocenters. The van der Waals surface area contributed by atoms with Crippen molar-refractivity contribution in [2.75, 3.05) is 5.32 Å². The van der Waals surface area contributed by atoms with E-state index in [4.69, 9.17) is 9.88 Å². The summed E-state index contributed by atoms with van der Waals surface area (Å²) in [5.41, 5.74) is 1.09. The van der Waals surface area contributed by atoms with Crippen LogP contribution in [0.1, 0.15) is 12.5 Å². The Bertz CT molecular complexity index is 889. The Balaban J connectivity index is 1.95. The fourth-order valence-corrected chi connectivity index (χ4v) is 2.98. The van der Waals surface area contributed by atoms with E-state index in [0.29, 0.717) is 0 Å². The lowest BCUT2D eigenvalue weighted by Crippen LogP contribution is -2.29. The third-order valence-electron chi connectivity index (χ3n) is 3.05. The monoisotopic (exact) mass is 380 g/mol. The van der Waals surface area contributed by atoms with E-state index in [9.17, 15) is 18.0 Å². The van der Waals surface area contributed by atoms with Crippen LogP contribution in [0, 0.1) is 0 Å². The lowest BCUT2D eigenvalue weighted by atomic mass is 10.3. The molecule has 2 aromatic rings. The van der Waals surface area contributed by atoms with Crippen LogP contribution < -0.4 is 10.5 Å². The molecule has 132 valence electrons. The molecule has 1 atom stereocenters. The van der Waals surface area contributed by atoms with Crippen LogP contribution in [0.25, 0.3) is 6.08 Å². The molecule has 0 radical (unpaired) electrons. The van der Waals surface area contributed by atoms with Crippen molar-refractivity contribution in [3.63, 3.8) is 0 Å². The average molecular weight is 380 g/mol. The fourth-order valence-electron chi connectivity index (χ4n) is 1.80. The summed E-state index contributed by atoms with van der Waals surface area (Å²) in [6.07, 6.45) is 1.75. The Kier molecular flexibility index (Phi) is 6.07. The summed E-state index contributed by atoms with van der Waals surface area (Å²) in [7, 11) is -3.87. The number of ether oxygens (including phenoxy) is 1. The van der Waals surface area contributed by atoms with Crippen LogP contribution >= 0.6 is 11.3 Å². The number of rotatable bonds is 6. The van der Waals surface area contributed by atoms with Gasteiger partial charge in [-0.15, -0.1) is 0 Å². The maximum absolute atomic E-state index is 12.1. The molecular formula is C16H16N2O5S2. The summed E-state index contributed by atoms with van der Waals surface area (Å²) >= 11 is 1.49. The van der Waals surface area contributed by atoms with E-state index in [1.807, 2.05) is 16.8 Å². The average Bonchev–Trinajstić information content (AvgIpc) is 3.05. The molecule has 1 aromatic carbocycles. The predicted octanol–water partition coefficient (Wildman–Crippen LogP) is 1.98. The highest BCUT2D eigenvalue weighted by molar-refractivity contribution is 7.89. The Morgan fingerprint density at radius 2 is 2.08 bits per heavy atom. The van der Waals surface area contributed by atoms with Crippen molar-refractivity contribution >= 4 is 45.0 Å². The van der Waals surface area contributed by atoms with Crippen LogP contribution in [0.3, 0.4) is 0 Å². The molecule has 1 amide bonds. The first-order chi connectivity index (χ1) is 11.8. The van der Waals surface area contributed by atoms with Gasteiger partial charge in [0.25, 0.3) is 5.91 Å². The Morgan fingerprint density at radius 3 is 2.72 bits per heavy atom. The van der Waals surface area contributed by atoms with Crippen molar-refractivity contribution < 1.29 is 22.7 Å². The highest BCUT2D eigenvalue weighted by atomic mass is 32.2. The van der Waals surface area contributed by atoms with Gasteiger partial charge in [0.2, 0.25) is 10.0 Å². The van der Waals surface area contributed by atoms with Crippen LogP contribution in [0.15, 0.2) is 52.1 Å². The maximum atomic E-state index is 12.1. The molecule has 0 aliphatic rings. The van der Waals surface area contributed by atoms with Crippen molar-refractivity contribution in [2.24, 2.45) is 5.14 Å². The number of carbonyl (C=O) groups is 2. The second kappa shape index (κ2) is 8.06. The number of anilines is 1. The zero-order valence-electron chi connectivity index (χ0n) is 13.2.